The van der Waals surface area contributed by atoms with Crippen LogP contribution in [0.25, 0.3) is 0 Å². The van der Waals surface area contributed by atoms with Gasteiger partial charge in [0.2, 0.25) is 0 Å². The summed E-state index contributed by atoms with van der Waals surface area (Å²) in [6.45, 7) is 6.43. The van der Waals surface area contributed by atoms with Gasteiger partial charge in [-0.2, -0.15) is 0 Å². The molecule has 0 aromatic heterocycles. The molecule has 0 amide bonds. The zero-order valence-corrected chi connectivity index (χ0v) is 22.9. The SMILES string of the molecule is C.CCCBr.CCCCCB(O)O.CCCCCBr.FF.OB(O)CCBr.[HH].[V]. The van der Waals surface area contributed by atoms with E-state index < -0.39 is 14.2 Å². The monoisotopic (exact) mass is 647 g/mol. The van der Waals surface area contributed by atoms with E-state index >= 15 is 0 Å². The summed E-state index contributed by atoms with van der Waals surface area (Å²) in [5.74, 6) is 0. The van der Waals surface area contributed by atoms with Crippen LogP contribution >= 0.6 is 47.8 Å². The van der Waals surface area contributed by atoms with Crippen LogP contribution in [0.5, 0.6) is 0 Å². The summed E-state index contributed by atoms with van der Waals surface area (Å²) in [5.41, 5.74) is 0. The van der Waals surface area contributed by atoms with Gasteiger partial charge in [-0.25, -0.2) is 0 Å². The molecule has 4 nitrogen and oxygen atoms in total. The fourth-order valence-corrected chi connectivity index (χ4v) is 1.82. The van der Waals surface area contributed by atoms with E-state index in [0.717, 1.165) is 24.6 Å². The first-order valence-electron chi connectivity index (χ1n) is 8.92. The zero-order valence-electron chi connectivity index (χ0n) is 16.8. The van der Waals surface area contributed by atoms with Gasteiger partial charge in [-0.1, -0.05) is 108 Å². The smallest absolute Gasteiger partial charge is 0.427 e. The number of hydrogen-bond donors (Lipinski definition) is 4. The third-order valence-corrected chi connectivity index (χ3v) is 4.17. The quantitative estimate of drug-likeness (QED) is 0.122. The molecule has 0 aromatic carbocycles. The summed E-state index contributed by atoms with van der Waals surface area (Å²) >= 11 is 9.63. The zero-order chi connectivity index (χ0) is 21.6. The maximum Gasteiger partial charge on any atom is 0.452 e. The van der Waals surface area contributed by atoms with Crippen LogP contribution in [0.15, 0.2) is 0 Å². The Morgan fingerprint density at radius 3 is 1.14 bits per heavy atom. The number of alkyl halides is 3. The van der Waals surface area contributed by atoms with Crippen molar-refractivity contribution in [1.29, 1.82) is 0 Å². The Labute approximate surface area is 211 Å². The van der Waals surface area contributed by atoms with Crippen LogP contribution in [-0.4, -0.2) is 50.3 Å². The average Bonchev–Trinajstić information content (AvgIpc) is 2.63. The van der Waals surface area contributed by atoms with Crippen LogP contribution in [0.2, 0.25) is 12.6 Å². The van der Waals surface area contributed by atoms with Crippen LogP contribution in [0.1, 0.15) is 74.6 Å². The van der Waals surface area contributed by atoms with Crippen molar-refractivity contribution in [3.8, 4) is 0 Å². The maximum absolute atomic E-state index is 8.33. The Balaban J connectivity index is -0.0000000324. The third kappa shape index (κ3) is 105. The second-order valence-electron chi connectivity index (χ2n) is 5.02. The van der Waals surface area contributed by atoms with Gasteiger partial charge in [0.15, 0.2) is 0 Å². The van der Waals surface area contributed by atoms with Crippen molar-refractivity contribution in [3.63, 3.8) is 0 Å². The molecular formula is C16H43B2Br3F2O4V. The number of halogens is 5. The van der Waals surface area contributed by atoms with Crippen molar-refractivity contribution >= 4 is 62.0 Å². The Morgan fingerprint density at radius 2 is 1.00 bits per heavy atom. The molecule has 0 aliphatic heterocycles. The largest absolute Gasteiger partial charge is 0.452 e. The van der Waals surface area contributed by atoms with Gasteiger partial charge in [0, 0.05) is 45.1 Å². The minimum Gasteiger partial charge on any atom is -0.427 e. The molecule has 177 valence electrons. The van der Waals surface area contributed by atoms with Crippen LogP contribution in [0, 0.1) is 0 Å². The number of rotatable bonds is 10. The minimum atomic E-state index is -1.15. The fraction of sp³-hybridized carbons (Fsp3) is 1.00. The standard InChI is InChI=1S/C5H13BO2.C5H11Br.C3H7Br.C2H6BBrO2.CH4.F2.V.H2/c1-2-3-4-5-6(7)8;1-2-3-4-5-6;1-2-3-4;4-2-1-3(5)6;;1-2;;/h7-8H,2-5H2,1H3;2-5H2,1H3;2-3H2,1H3;5-6H,1-2H2;1H4;;;1H. The Hall–Kier alpha value is 1.85. The predicted octanol–water partition coefficient (Wildman–Crippen LogP) is 6.59. The molecule has 0 aliphatic carbocycles. The Bertz CT molecular complexity index is 200. The number of hydrogen-bond acceptors (Lipinski definition) is 4. The summed E-state index contributed by atoms with van der Waals surface area (Å²) in [7, 11) is -2.24. The van der Waals surface area contributed by atoms with Gasteiger partial charge >= 0.3 is 14.2 Å². The summed E-state index contributed by atoms with van der Waals surface area (Å²) in [6.07, 6.45) is 9.33. The molecule has 4 N–H and O–H groups in total. The summed E-state index contributed by atoms with van der Waals surface area (Å²) in [4.78, 5) is 0. The Morgan fingerprint density at radius 1 is 0.643 bits per heavy atom. The second-order valence-corrected chi connectivity index (χ2v) is 7.40. The summed E-state index contributed by atoms with van der Waals surface area (Å²) in [6, 6.07) is 0. The van der Waals surface area contributed by atoms with E-state index in [1.165, 1.54) is 31.0 Å². The third-order valence-electron chi connectivity index (χ3n) is 2.36. The summed E-state index contributed by atoms with van der Waals surface area (Å²) < 4.78 is 16.0. The van der Waals surface area contributed by atoms with Crippen molar-refractivity contribution in [2.24, 2.45) is 0 Å². The van der Waals surface area contributed by atoms with Crippen molar-refractivity contribution in [3.05, 3.63) is 0 Å². The molecule has 0 aliphatic rings. The first-order valence-corrected chi connectivity index (χ1v) is 12.3. The van der Waals surface area contributed by atoms with Gasteiger partial charge in [0.1, 0.15) is 0 Å². The molecule has 0 aromatic rings. The molecule has 0 bridgehead atoms. The first kappa shape index (κ1) is 47.6. The molecule has 0 unspecified atom stereocenters. The van der Waals surface area contributed by atoms with E-state index in [1.54, 1.807) is 0 Å². The van der Waals surface area contributed by atoms with Crippen LogP contribution < -0.4 is 0 Å². The molecule has 28 heavy (non-hydrogen) atoms. The molecule has 1 radical (unpaired) electrons. The molecule has 0 fully saturated rings. The van der Waals surface area contributed by atoms with Crippen LogP contribution in [0.3, 0.4) is 0 Å². The van der Waals surface area contributed by atoms with Crippen molar-refractivity contribution in [2.75, 3.05) is 16.0 Å². The number of unbranched alkanes of at least 4 members (excludes halogenated alkanes) is 4. The molecule has 0 atom stereocenters. The molecule has 0 saturated heterocycles. The minimum absolute atomic E-state index is 0. The fourth-order valence-electron chi connectivity index (χ4n) is 1.02. The van der Waals surface area contributed by atoms with E-state index in [1.807, 2.05) is 0 Å². The molecular weight excluding hydrogens is 606 g/mol. The van der Waals surface area contributed by atoms with E-state index in [0.29, 0.717) is 18.0 Å². The molecule has 0 saturated carbocycles. The van der Waals surface area contributed by atoms with Crippen LogP contribution in [-0.2, 0) is 18.6 Å². The van der Waals surface area contributed by atoms with E-state index in [9.17, 15) is 0 Å². The van der Waals surface area contributed by atoms with Crippen molar-refractivity contribution < 1.29 is 49.2 Å². The first-order chi connectivity index (χ1) is 12.4. The van der Waals surface area contributed by atoms with Crippen molar-refractivity contribution in [1.82, 2.24) is 0 Å². The predicted molar refractivity (Wildman–Crippen MR) is 132 cm³/mol. The van der Waals surface area contributed by atoms with Crippen molar-refractivity contribution in [2.45, 2.75) is 85.8 Å². The van der Waals surface area contributed by atoms with Gasteiger partial charge in [0.05, 0.1) is 0 Å². The topological polar surface area (TPSA) is 80.9 Å². The van der Waals surface area contributed by atoms with E-state index in [2.05, 4.69) is 68.6 Å². The van der Waals surface area contributed by atoms with Gasteiger partial charge in [0.25, 0.3) is 0 Å². The average molecular weight is 650 g/mol. The van der Waals surface area contributed by atoms with E-state index in [4.69, 9.17) is 29.2 Å². The van der Waals surface area contributed by atoms with Gasteiger partial charge in [-0.3, -0.25) is 0 Å². The molecule has 0 heterocycles. The molecule has 12 heteroatoms. The van der Waals surface area contributed by atoms with Crippen LogP contribution in [0.4, 0.5) is 9.15 Å². The van der Waals surface area contributed by atoms with E-state index in [-0.39, 0.29) is 27.4 Å². The van der Waals surface area contributed by atoms with Gasteiger partial charge in [-0.15, -0.1) is 0 Å². The normalized spacial score (nSPS) is 7.71. The second kappa shape index (κ2) is 56.8. The summed E-state index contributed by atoms with van der Waals surface area (Å²) in [5, 5.41) is 35.8. The molecule has 0 rings (SSSR count). The van der Waals surface area contributed by atoms with Gasteiger partial charge < -0.3 is 20.1 Å². The Kier molecular flexibility index (Phi) is 96.5. The van der Waals surface area contributed by atoms with Gasteiger partial charge in [-0.05, 0) is 25.5 Å². The molecule has 0 spiro atoms. The maximum atomic E-state index is 8.33.